The van der Waals surface area contributed by atoms with E-state index in [9.17, 15) is 9.59 Å². The Balaban J connectivity index is 1.76. The lowest BCUT2D eigenvalue weighted by atomic mass is 10.1. The Morgan fingerprint density at radius 3 is 2.80 bits per heavy atom. The molecule has 0 radical (unpaired) electrons. The van der Waals surface area contributed by atoms with Crippen molar-refractivity contribution in [1.82, 2.24) is 0 Å². The highest BCUT2D eigenvalue weighted by atomic mass is 79.9. The van der Waals surface area contributed by atoms with Gasteiger partial charge in [-0.3, -0.25) is 9.59 Å². The number of rotatable bonds is 4. The van der Waals surface area contributed by atoms with Gasteiger partial charge in [0.1, 0.15) is 5.75 Å². The molecule has 0 bridgehead atoms. The minimum absolute atomic E-state index is 0.0710. The third kappa shape index (κ3) is 3.85. The van der Waals surface area contributed by atoms with Crippen LogP contribution in [0.25, 0.3) is 0 Å². The van der Waals surface area contributed by atoms with Gasteiger partial charge < -0.3 is 15.0 Å². The molecule has 1 unspecified atom stereocenters. The smallest absolute Gasteiger partial charge is 0.229 e. The van der Waals surface area contributed by atoms with Gasteiger partial charge in [0.2, 0.25) is 11.8 Å². The molecule has 5 nitrogen and oxygen atoms in total. The second-order valence-corrected chi connectivity index (χ2v) is 7.00. The van der Waals surface area contributed by atoms with Gasteiger partial charge in [-0.15, -0.1) is 0 Å². The minimum Gasteiger partial charge on any atom is -0.495 e. The van der Waals surface area contributed by atoms with Crippen molar-refractivity contribution in [3.8, 4) is 5.75 Å². The molecule has 1 aliphatic heterocycles. The summed E-state index contributed by atoms with van der Waals surface area (Å²) in [6.45, 7) is 2.30. The van der Waals surface area contributed by atoms with E-state index in [1.54, 1.807) is 12.0 Å². The summed E-state index contributed by atoms with van der Waals surface area (Å²) >= 11 is 3.38. The number of benzene rings is 2. The molecule has 2 aromatic rings. The lowest BCUT2D eigenvalue weighted by Gasteiger charge is -2.20. The molecule has 2 aromatic carbocycles. The van der Waals surface area contributed by atoms with Gasteiger partial charge in [0.25, 0.3) is 0 Å². The lowest BCUT2D eigenvalue weighted by molar-refractivity contribution is -0.122. The number of amides is 2. The second kappa shape index (κ2) is 7.27. The van der Waals surface area contributed by atoms with E-state index in [1.165, 1.54) is 0 Å². The number of halogens is 1. The van der Waals surface area contributed by atoms with Crippen LogP contribution >= 0.6 is 15.9 Å². The molecule has 1 N–H and O–H groups in total. The summed E-state index contributed by atoms with van der Waals surface area (Å²) in [5, 5.41) is 2.88. The molecule has 1 heterocycles. The molecule has 1 fully saturated rings. The predicted molar refractivity (Wildman–Crippen MR) is 101 cm³/mol. The highest BCUT2D eigenvalue weighted by Gasteiger charge is 2.36. The number of carbonyl (C=O) groups is 2. The summed E-state index contributed by atoms with van der Waals surface area (Å²) in [5.41, 5.74) is 2.45. The fourth-order valence-electron chi connectivity index (χ4n) is 2.94. The molecule has 3 rings (SSSR count). The van der Waals surface area contributed by atoms with Crippen LogP contribution in [0.5, 0.6) is 5.75 Å². The van der Waals surface area contributed by atoms with Crippen molar-refractivity contribution in [1.29, 1.82) is 0 Å². The fourth-order valence-corrected chi connectivity index (χ4v) is 3.34. The van der Waals surface area contributed by atoms with E-state index < -0.39 is 5.92 Å². The van der Waals surface area contributed by atoms with Gasteiger partial charge in [-0.25, -0.2) is 0 Å². The molecule has 1 aliphatic rings. The number of carbonyl (C=O) groups excluding carboxylic acids is 2. The molecule has 25 heavy (non-hydrogen) atoms. The highest BCUT2D eigenvalue weighted by molar-refractivity contribution is 9.10. The van der Waals surface area contributed by atoms with Crippen molar-refractivity contribution in [2.24, 2.45) is 5.92 Å². The van der Waals surface area contributed by atoms with E-state index in [0.29, 0.717) is 23.7 Å². The Kier molecular flexibility index (Phi) is 5.08. The Labute approximate surface area is 155 Å². The van der Waals surface area contributed by atoms with Crippen LogP contribution in [0.3, 0.4) is 0 Å². The number of methoxy groups -OCH3 is 1. The first-order chi connectivity index (χ1) is 12.0. The maximum absolute atomic E-state index is 12.5. The molecule has 0 spiro atoms. The largest absolute Gasteiger partial charge is 0.495 e. The first-order valence-corrected chi connectivity index (χ1v) is 8.78. The van der Waals surface area contributed by atoms with Crippen LogP contribution in [0, 0.1) is 12.8 Å². The van der Waals surface area contributed by atoms with Crippen molar-refractivity contribution >= 4 is 39.1 Å². The van der Waals surface area contributed by atoms with Crippen molar-refractivity contribution in [3.63, 3.8) is 0 Å². The SMILES string of the molecule is COc1ccc(C)cc1N1CC(C(=O)Nc2cccc(Br)c2)CC1=O. The minimum atomic E-state index is -0.392. The summed E-state index contributed by atoms with van der Waals surface area (Å²) in [6.07, 6.45) is 0.191. The van der Waals surface area contributed by atoms with Gasteiger partial charge >= 0.3 is 0 Å². The summed E-state index contributed by atoms with van der Waals surface area (Å²) in [4.78, 5) is 26.6. The van der Waals surface area contributed by atoms with E-state index in [1.807, 2.05) is 49.4 Å². The number of hydrogen-bond acceptors (Lipinski definition) is 3. The zero-order chi connectivity index (χ0) is 18.0. The fraction of sp³-hybridized carbons (Fsp3) is 0.263. The molecule has 1 saturated heterocycles. The Morgan fingerprint density at radius 2 is 2.08 bits per heavy atom. The van der Waals surface area contributed by atoms with Gasteiger partial charge in [-0.05, 0) is 42.8 Å². The van der Waals surface area contributed by atoms with Crippen LogP contribution in [0.15, 0.2) is 46.9 Å². The van der Waals surface area contributed by atoms with Crippen molar-refractivity contribution < 1.29 is 14.3 Å². The molecule has 130 valence electrons. The maximum atomic E-state index is 12.5. The van der Waals surface area contributed by atoms with Gasteiger partial charge in [0, 0.05) is 23.1 Å². The molecule has 1 atom stereocenters. The molecule has 2 amide bonds. The second-order valence-electron chi connectivity index (χ2n) is 6.08. The number of nitrogens with one attached hydrogen (secondary N) is 1. The average molecular weight is 403 g/mol. The number of nitrogens with zero attached hydrogens (tertiary/aromatic N) is 1. The summed E-state index contributed by atoms with van der Waals surface area (Å²) < 4.78 is 6.25. The quantitative estimate of drug-likeness (QED) is 0.846. The number of hydrogen-bond donors (Lipinski definition) is 1. The van der Waals surface area contributed by atoms with E-state index in [4.69, 9.17) is 4.74 Å². The van der Waals surface area contributed by atoms with Gasteiger partial charge in [-0.1, -0.05) is 28.1 Å². The lowest BCUT2D eigenvalue weighted by Crippen LogP contribution is -2.28. The summed E-state index contributed by atoms with van der Waals surface area (Å²) in [5.74, 6) is 0.0163. The Morgan fingerprint density at radius 1 is 1.28 bits per heavy atom. The van der Waals surface area contributed by atoms with Crippen LogP contribution in [0.1, 0.15) is 12.0 Å². The molecular formula is C19H19BrN2O3. The first kappa shape index (κ1) is 17.5. The number of aryl methyl sites for hydroxylation is 1. The Hall–Kier alpha value is -2.34. The average Bonchev–Trinajstić information content (AvgIpc) is 2.96. The first-order valence-electron chi connectivity index (χ1n) is 7.99. The molecule has 0 aromatic heterocycles. The van der Waals surface area contributed by atoms with E-state index in [-0.39, 0.29) is 18.2 Å². The van der Waals surface area contributed by atoms with E-state index in [2.05, 4.69) is 21.2 Å². The standard InChI is InChI=1S/C19H19BrN2O3/c1-12-6-7-17(25-2)16(8-12)22-11-13(9-18(22)23)19(24)21-15-5-3-4-14(20)10-15/h3-8,10,13H,9,11H2,1-2H3,(H,21,24). The highest BCUT2D eigenvalue weighted by Crippen LogP contribution is 2.34. The molecular weight excluding hydrogens is 384 g/mol. The summed E-state index contributed by atoms with van der Waals surface area (Å²) in [7, 11) is 1.58. The van der Waals surface area contributed by atoms with Crippen LogP contribution in [-0.4, -0.2) is 25.5 Å². The zero-order valence-corrected chi connectivity index (χ0v) is 15.7. The van der Waals surface area contributed by atoms with Crippen LogP contribution in [0.4, 0.5) is 11.4 Å². The van der Waals surface area contributed by atoms with Crippen molar-refractivity contribution in [2.45, 2.75) is 13.3 Å². The van der Waals surface area contributed by atoms with Crippen molar-refractivity contribution in [2.75, 3.05) is 23.9 Å². The third-order valence-electron chi connectivity index (χ3n) is 4.21. The monoisotopic (exact) mass is 402 g/mol. The normalized spacial score (nSPS) is 16.8. The van der Waals surface area contributed by atoms with Crippen molar-refractivity contribution in [3.05, 3.63) is 52.5 Å². The van der Waals surface area contributed by atoms with Crippen LogP contribution < -0.4 is 15.0 Å². The summed E-state index contributed by atoms with van der Waals surface area (Å²) in [6, 6.07) is 13.1. The third-order valence-corrected chi connectivity index (χ3v) is 4.71. The van der Waals surface area contributed by atoms with E-state index in [0.717, 1.165) is 10.0 Å². The Bertz CT molecular complexity index is 822. The molecule has 0 saturated carbocycles. The van der Waals surface area contributed by atoms with Gasteiger partial charge in [-0.2, -0.15) is 0 Å². The van der Waals surface area contributed by atoms with E-state index >= 15 is 0 Å². The molecule has 6 heteroatoms. The van der Waals surface area contributed by atoms with Crippen LogP contribution in [0.2, 0.25) is 0 Å². The number of ether oxygens (including phenoxy) is 1. The topological polar surface area (TPSA) is 58.6 Å². The zero-order valence-electron chi connectivity index (χ0n) is 14.1. The van der Waals surface area contributed by atoms with Gasteiger partial charge in [0.05, 0.1) is 18.7 Å². The maximum Gasteiger partial charge on any atom is 0.229 e. The molecule has 0 aliphatic carbocycles. The predicted octanol–water partition coefficient (Wildman–Crippen LogP) is 3.76. The van der Waals surface area contributed by atoms with Gasteiger partial charge in [0.15, 0.2) is 0 Å². The number of anilines is 2. The van der Waals surface area contributed by atoms with Crippen LogP contribution in [-0.2, 0) is 9.59 Å².